The first-order chi connectivity index (χ1) is 17.0. The van der Waals surface area contributed by atoms with Crippen molar-refractivity contribution in [2.45, 2.75) is 52.9 Å². The van der Waals surface area contributed by atoms with Crippen LogP contribution >= 0.6 is 0 Å². The molecule has 0 aromatic heterocycles. The summed E-state index contributed by atoms with van der Waals surface area (Å²) >= 11 is 0. The molecule has 0 bridgehead atoms. The number of ether oxygens (including phenoxy) is 6. The molecule has 11 nitrogen and oxygen atoms in total. The first-order valence-corrected chi connectivity index (χ1v) is 10.8. The Morgan fingerprint density at radius 2 is 1.31 bits per heavy atom. The summed E-state index contributed by atoms with van der Waals surface area (Å²) in [6, 6.07) is 8.78. The van der Waals surface area contributed by atoms with E-state index < -0.39 is 48.2 Å². The van der Waals surface area contributed by atoms with Gasteiger partial charge in [0.2, 0.25) is 0 Å². The SMILES string of the molecule is CC(=O)Oc1ccc(C2Oc3cccc(OC(C)=O)c3C(OC(C)=O)C2OC(C)=O)c(OC(C)=O)c1. The van der Waals surface area contributed by atoms with Crippen LogP contribution in [0.15, 0.2) is 36.4 Å². The molecule has 0 aliphatic carbocycles. The quantitative estimate of drug-likeness (QED) is 0.427. The highest BCUT2D eigenvalue weighted by Gasteiger charge is 2.46. The van der Waals surface area contributed by atoms with E-state index in [1.807, 2.05) is 0 Å². The number of hydrogen-bond acceptors (Lipinski definition) is 11. The lowest BCUT2D eigenvalue weighted by Crippen LogP contribution is -2.40. The van der Waals surface area contributed by atoms with E-state index in [-0.39, 0.29) is 34.1 Å². The van der Waals surface area contributed by atoms with Crippen molar-refractivity contribution in [3.8, 4) is 23.0 Å². The number of carbonyl (C=O) groups excluding carboxylic acids is 5. The van der Waals surface area contributed by atoms with Gasteiger partial charge in [-0.3, -0.25) is 24.0 Å². The summed E-state index contributed by atoms with van der Waals surface area (Å²) in [6.07, 6.45) is -3.70. The largest absolute Gasteiger partial charge is 0.481 e. The van der Waals surface area contributed by atoms with E-state index in [9.17, 15) is 24.0 Å². The minimum atomic E-state index is -1.29. The first kappa shape index (κ1) is 26.2. The van der Waals surface area contributed by atoms with E-state index in [1.165, 1.54) is 52.0 Å². The smallest absolute Gasteiger partial charge is 0.308 e. The van der Waals surface area contributed by atoms with E-state index in [0.29, 0.717) is 0 Å². The molecule has 36 heavy (non-hydrogen) atoms. The second-order valence-electron chi connectivity index (χ2n) is 7.79. The van der Waals surface area contributed by atoms with Crippen molar-refractivity contribution in [3.63, 3.8) is 0 Å². The molecular formula is C25H24O11. The van der Waals surface area contributed by atoms with Crippen molar-refractivity contribution >= 4 is 29.8 Å². The van der Waals surface area contributed by atoms with Crippen LogP contribution in [0.3, 0.4) is 0 Å². The fourth-order valence-corrected chi connectivity index (χ4v) is 3.76. The average molecular weight is 500 g/mol. The fourth-order valence-electron chi connectivity index (χ4n) is 3.76. The molecule has 0 amide bonds. The number of fused-ring (bicyclic) bond motifs is 1. The number of carbonyl (C=O) groups is 5. The van der Waals surface area contributed by atoms with E-state index in [4.69, 9.17) is 28.4 Å². The Labute approximate surface area is 206 Å². The molecule has 0 saturated carbocycles. The molecule has 1 aliphatic rings. The average Bonchev–Trinajstić information content (AvgIpc) is 2.73. The van der Waals surface area contributed by atoms with Crippen LogP contribution in [-0.4, -0.2) is 36.0 Å². The molecule has 190 valence electrons. The highest BCUT2D eigenvalue weighted by atomic mass is 16.6. The standard InChI is InChI=1S/C25H24O11/c1-12(26)31-17-9-10-18(21(11-17)33-14(3)28)23-25(35-16(5)30)24(34-15(4)29)22-19(32-13(2)27)7-6-8-20(22)36-23/h6-11,23-25H,1-5H3. The van der Waals surface area contributed by atoms with Gasteiger partial charge in [-0.2, -0.15) is 0 Å². The monoisotopic (exact) mass is 500 g/mol. The molecule has 3 atom stereocenters. The summed E-state index contributed by atoms with van der Waals surface area (Å²) in [7, 11) is 0. The molecule has 0 spiro atoms. The minimum Gasteiger partial charge on any atom is -0.481 e. The van der Waals surface area contributed by atoms with Crippen molar-refractivity contribution in [2.24, 2.45) is 0 Å². The second-order valence-corrected chi connectivity index (χ2v) is 7.79. The van der Waals surface area contributed by atoms with Crippen LogP contribution in [0.4, 0.5) is 0 Å². The maximum Gasteiger partial charge on any atom is 0.308 e. The van der Waals surface area contributed by atoms with Crippen molar-refractivity contribution in [1.82, 2.24) is 0 Å². The summed E-state index contributed by atoms with van der Waals surface area (Å²) in [5.41, 5.74) is 0.406. The highest BCUT2D eigenvalue weighted by Crippen LogP contribution is 2.50. The molecule has 1 aliphatic heterocycles. The van der Waals surface area contributed by atoms with Crippen LogP contribution in [-0.2, 0) is 33.4 Å². The third-order valence-corrected chi connectivity index (χ3v) is 4.82. The summed E-state index contributed by atoms with van der Waals surface area (Å²) in [6.45, 7) is 5.91. The molecule has 0 saturated heterocycles. The number of hydrogen-bond donors (Lipinski definition) is 0. The van der Waals surface area contributed by atoms with Gasteiger partial charge in [-0.15, -0.1) is 0 Å². The van der Waals surface area contributed by atoms with Gasteiger partial charge in [-0.05, 0) is 24.3 Å². The molecule has 0 N–H and O–H groups in total. The molecule has 3 unspecified atom stereocenters. The Kier molecular flexibility index (Phi) is 7.93. The van der Waals surface area contributed by atoms with Crippen molar-refractivity contribution < 1.29 is 52.4 Å². The second kappa shape index (κ2) is 10.9. The zero-order valence-corrected chi connectivity index (χ0v) is 20.2. The Balaban J connectivity index is 2.22. The van der Waals surface area contributed by atoms with Crippen molar-refractivity contribution in [3.05, 3.63) is 47.5 Å². The normalized spacial score (nSPS) is 18.1. The number of esters is 5. The predicted molar refractivity (Wildman–Crippen MR) is 120 cm³/mol. The van der Waals surface area contributed by atoms with E-state index in [2.05, 4.69) is 0 Å². The molecule has 3 rings (SSSR count). The molecule has 11 heteroatoms. The summed E-state index contributed by atoms with van der Waals surface area (Å²) < 4.78 is 32.9. The Bertz CT molecular complexity index is 1220. The van der Waals surface area contributed by atoms with Gasteiger partial charge < -0.3 is 28.4 Å². The van der Waals surface area contributed by atoms with Crippen LogP contribution < -0.4 is 18.9 Å². The lowest BCUT2D eigenvalue weighted by Gasteiger charge is -2.39. The summed E-state index contributed by atoms with van der Waals surface area (Å²) in [5, 5.41) is 0. The molecule has 2 aromatic carbocycles. The lowest BCUT2D eigenvalue weighted by atomic mass is 9.90. The van der Waals surface area contributed by atoms with Gasteiger partial charge >= 0.3 is 29.8 Å². The number of benzene rings is 2. The van der Waals surface area contributed by atoms with Gasteiger partial charge in [0, 0.05) is 46.2 Å². The van der Waals surface area contributed by atoms with Crippen LogP contribution in [0.5, 0.6) is 23.0 Å². The summed E-state index contributed by atoms with van der Waals surface area (Å²) in [5.74, 6) is -3.04. The van der Waals surface area contributed by atoms with Gasteiger partial charge in [-0.25, -0.2) is 0 Å². The van der Waals surface area contributed by atoms with Gasteiger partial charge in [-0.1, -0.05) is 6.07 Å². The Hall–Kier alpha value is -4.41. The zero-order chi connectivity index (χ0) is 26.6. The molecule has 1 heterocycles. The van der Waals surface area contributed by atoms with E-state index in [1.54, 1.807) is 12.1 Å². The minimum absolute atomic E-state index is 0.0374. The summed E-state index contributed by atoms with van der Waals surface area (Å²) in [4.78, 5) is 59.1. The number of rotatable bonds is 6. The van der Waals surface area contributed by atoms with Crippen molar-refractivity contribution in [1.29, 1.82) is 0 Å². The van der Waals surface area contributed by atoms with Gasteiger partial charge in [0.05, 0.1) is 5.56 Å². The van der Waals surface area contributed by atoms with Crippen LogP contribution in [0.1, 0.15) is 58.0 Å². The first-order valence-electron chi connectivity index (χ1n) is 10.8. The predicted octanol–water partition coefficient (Wildman–Crippen LogP) is 3.13. The molecular weight excluding hydrogens is 476 g/mol. The maximum atomic E-state index is 12.1. The lowest BCUT2D eigenvalue weighted by molar-refractivity contribution is -0.178. The van der Waals surface area contributed by atoms with Crippen LogP contribution in [0, 0.1) is 0 Å². The van der Waals surface area contributed by atoms with E-state index >= 15 is 0 Å². The fraction of sp³-hybridized carbons (Fsp3) is 0.320. The Morgan fingerprint density at radius 3 is 1.89 bits per heavy atom. The Morgan fingerprint density at radius 1 is 0.694 bits per heavy atom. The van der Waals surface area contributed by atoms with Crippen molar-refractivity contribution in [2.75, 3.05) is 0 Å². The highest BCUT2D eigenvalue weighted by molar-refractivity contribution is 5.73. The third-order valence-electron chi connectivity index (χ3n) is 4.82. The van der Waals surface area contributed by atoms with Crippen LogP contribution in [0.25, 0.3) is 0 Å². The third kappa shape index (κ3) is 6.17. The van der Waals surface area contributed by atoms with Crippen LogP contribution in [0.2, 0.25) is 0 Å². The molecule has 2 aromatic rings. The molecule has 0 fully saturated rings. The maximum absolute atomic E-state index is 12.1. The zero-order valence-electron chi connectivity index (χ0n) is 20.2. The van der Waals surface area contributed by atoms with Gasteiger partial charge in [0.25, 0.3) is 0 Å². The van der Waals surface area contributed by atoms with E-state index in [0.717, 1.165) is 6.92 Å². The topological polar surface area (TPSA) is 141 Å². The van der Waals surface area contributed by atoms with Gasteiger partial charge in [0.1, 0.15) is 23.0 Å². The molecule has 0 radical (unpaired) electrons. The van der Waals surface area contributed by atoms with Gasteiger partial charge in [0.15, 0.2) is 18.3 Å².